The Bertz CT molecular complexity index is 825. The van der Waals surface area contributed by atoms with Crippen LogP contribution in [-0.4, -0.2) is 22.8 Å². The predicted octanol–water partition coefficient (Wildman–Crippen LogP) is 3.14. The minimum atomic E-state index is -0.326. The molecule has 2 aromatic carbocycles. The molecule has 3 rings (SSSR count). The van der Waals surface area contributed by atoms with Gasteiger partial charge in [0.05, 0.1) is 18.4 Å². The summed E-state index contributed by atoms with van der Waals surface area (Å²) in [5.41, 5.74) is 6.31. The first-order chi connectivity index (χ1) is 11.2. The molecule has 0 fully saturated rings. The number of para-hydroxylation sites is 1. The topological polar surface area (TPSA) is 56.1 Å². The van der Waals surface area contributed by atoms with Crippen LogP contribution in [0, 0.1) is 6.92 Å². The van der Waals surface area contributed by atoms with E-state index in [1.807, 2.05) is 61.5 Å². The highest BCUT2D eigenvalue weighted by Gasteiger charge is 2.19. The Morgan fingerprint density at radius 1 is 1.09 bits per heavy atom. The van der Waals surface area contributed by atoms with Crippen LogP contribution in [0.1, 0.15) is 15.9 Å². The lowest BCUT2D eigenvalue weighted by Gasteiger charge is -2.05. The second-order valence-electron chi connectivity index (χ2n) is 5.12. The molecule has 0 saturated heterocycles. The molecule has 0 spiro atoms. The summed E-state index contributed by atoms with van der Waals surface area (Å²) < 4.78 is 1.70. The molecule has 0 bridgehead atoms. The second-order valence-corrected chi connectivity index (χ2v) is 5.12. The SMILES string of the molecule is CONC(=O)c1cn(-c2ccccc2)nc1-c1ccccc1C. The lowest BCUT2D eigenvalue weighted by molar-refractivity contribution is 0.0538. The van der Waals surface area contributed by atoms with Crippen LogP contribution < -0.4 is 5.48 Å². The average Bonchev–Trinajstić information content (AvgIpc) is 3.01. The normalized spacial score (nSPS) is 10.5. The Morgan fingerprint density at radius 3 is 2.48 bits per heavy atom. The summed E-state index contributed by atoms with van der Waals surface area (Å²) in [6.07, 6.45) is 1.71. The fourth-order valence-corrected chi connectivity index (χ4v) is 2.44. The number of benzene rings is 2. The van der Waals surface area contributed by atoms with Crippen LogP contribution in [0.2, 0.25) is 0 Å². The van der Waals surface area contributed by atoms with Gasteiger partial charge in [-0.05, 0) is 24.6 Å². The van der Waals surface area contributed by atoms with E-state index >= 15 is 0 Å². The lowest BCUT2D eigenvalue weighted by atomic mass is 10.0. The van der Waals surface area contributed by atoms with E-state index in [4.69, 9.17) is 4.84 Å². The van der Waals surface area contributed by atoms with E-state index in [-0.39, 0.29) is 5.91 Å². The zero-order chi connectivity index (χ0) is 16.2. The number of aromatic nitrogens is 2. The van der Waals surface area contributed by atoms with Gasteiger partial charge in [0.25, 0.3) is 5.91 Å². The maximum atomic E-state index is 12.3. The smallest absolute Gasteiger partial charge is 0.277 e. The third-order valence-corrected chi connectivity index (χ3v) is 3.57. The third kappa shape index (κ3) is 3.00. The first-order valence-corrected chi connectivity index (χ1v) is 7.25. The van der Waals surface area contributed by atoms with Crippen molar-refractivity contribution in [3.63, 3.8) is 0 Å². The first-order valence-electron chi connectivity index (χ1n) is 7.25. The molecule has 0 saturated carbocycles. The molecule has 0 aliphatic rings. The molecule has 5 nitrogen and oxygen atoms in total. The van der Waals surface area contributed by atoms with Gasteiger partial charge in [-0.25, -0.2) is 10.2 Å². The number of aryl methyl sites for hydroxylation is 1. The van der Waals surface area contributed by atoms with Gasteiger partial charge in [-0.3, -0.25) is 9.63 Å². The van der Waals surface area contributed by atoms with Crippen molar-refractivity contribution in [2.75, 3.05) is 7.11 Å². The molecule has 0 unspecified atom stereocenters. The van der Waals surface area contributed by atoms with Crippen molar-refractivity contribution < 1.29 is 9.63 Å². The Balaban J connectivity index is 2.15. The predicted molar refractivity (Wildman–Crippen MR) is 88.2 cm³/mol. The van der Waals surface area contributed by atoms with E-state index in [9.17, 15) is 4.79 Å². The lowest BCUT2D eigenvalue weighted by Crippen LogP contribution is -2.22. The summed E-state index contributed by atoms with van der Waals surface area (Å²) in [5.74, 6) is -0.326. The van der Waals surface area contributed by atoms with E-state index in [0.29, 0.717) is 11.3 Å². The second kappa shape index (κ2) is 6.46. The summed E-state index contributed by atoms with van der Waals surface area (Å²) in [7, 11) is 1.41. The van der Waals surface area contributed by atoms with Gasteiger partial charge in [-0.15, -0.1) is 0 Å². The van der Waals surface area contributed by atoms with Gasteiger partial charge in [0, 0.05) is 11.8 Å². The number of amides is 1. The number of nitrogens with one attached hydrogen (secondary N) is 1. The Morgan fingerprint density at radius 2 is 1.78 bits per heavy atom. The summed E-state index contributed by atoms with van der Waals surface area (Å²) in [4.78, 5) is 17.1. The van der Waals surface area contributed by atoms with Crippen molar-refractivity contribution in [1.82, 2.24) is 15.3 Å². The van der Waals surface area contributed by atoms with Crippen molar-refractivity contribution in [2.24, 2.45) is 0 Å². The van der Waals surface area contributed by atoms with Crippen molar-refractivity contribution in [3.05, 3.63) is 71.9 Å². The number of hydrogen-bond donors (Lipinski definition) is 1. The van der Waals surface area contributed by atoms with E-state index in [1.165, 1.54) is 7.11 Å². The highest BCUT2D eigenvalue weighted by Crippen LogP contribution is 2.26. The van der Waals surface area contributed by atoms with Gasteiger partial charge in [-0.2, -0.15) is 5.10 Å². The molecule has 1 amide bonds. The molecule has 1 heterocycles. The van der Waals surface area contributed by atoms with E-state index in [1.54, 1.807) is 10.9 Å². The summed E-state index contributed by atoms with van der Waals surface area (Å²) in [5, 5.41) is 4.62. The van der Waals surface area contributed by atoms with E-state index in [0.717, 1.165) is 16.8 Å². The van der Waals surface area contributed by atoms with Gasteiger partial charge in [-0.1, -0.05) is 42.5 Å². The maximum absolute atomic E-state index is 12.3. The fourth-order valence-electron chi connectivity index (χ4n) is 2.44. The van der Waals surface area contributed by atoms with Gasteiger partial charge >= 0.3 is 0 Å². The van der Waals surface area contributed by atoms with Crippen LogP contribution in [0.4, 0.5) is 0 Å². The largest absolute Gasteiger partial charge is 0.278 e. The van der Waals surface area contributed by atoms with Crippen molar-refractivity contribution in [3.8, 4) is 16.9 Å². The molecule has 1 N–H and O–H groups in total. The number of carbonyl (C=O) groups excluding carboxylic acids is 1. The molecule has 5 heteroatoms. The minimum Gasteiger partial charge on any atom is -0.277 e. The number of hydroxylamine groups is 1. The fraction of sp³-hybridized carbons (Fsp3) is 0.111. The van der Waals surface area contributed by atoms with E-state index < -0.39 is 0 Å². The highest BCUT2D eigenvalue weighted by atomic mass is 16.6. The molecule has 116 valence electrons. The van der Waals surface area contributed by atoms with Crippen LogP contribution in [0.15, 0.2) is 60.8 Å². The van der Waals surface area contributed by atoms with Crippen molar-refractivity contribution in [1.29, 1.82) is 0 Å². The van der Waals surface area contributed by atoms with Crippen LogP contribution in [-0.2, 0) is 4.84 Å². The minimum absolute atomic E-state index is 0.326. The molecule has 3 aromatic rings. The molecular formula is C18H17N3O2. The van der Waals surface area contributed by atoms with E-state index in [2.05, 4.69) is 10.6 Å². The molecule has 1 aromatic heterocycles. The Hall–Kier alpha value is -2.92. The first kappa shape index (κ1) is 15.0. The van der Waals surface area contributed by atoms with Crippen LogP contribution in [0.25, 0.3) is 16.9 Å². The summed E-state index contributed by atoms with van der Waals surface area (Å²) in [6, 6.07) is 17.5. The summed E-state index contributed by atoms with van der Waals surface area (Å²) >= 11 is 0. The number of nitrogens with zero attached hydrogens (tertiary/aromatic N) is 2. The Labute approximate surface area is 134 Å². The van der Waals surface area contributed by atoms with Gasteiger partial charge in [0.1, 0.15) is 5.69 Å². The molecule has 0 aliphatic carbocycles. The maximum Gasteiger partial charge on any atom is 0.278 e. The van der Waals surface area contributed by atoms with Crippen LogP contribution >= 0.6 is 0 Å². The van der Waals surface area contributed by atoms with Crippen LogP contribution in [0.5, 0.6) is 0 Å². The number of carbonyl (C=O) groups is 1. The van der Waals surface area contributed by atoms with Crippen molar-refractivity contribution >= 4 is 5.91 Å². The third-order valence-electron chi connectivity index (χ3n) is 3.57. The molecule has 0 atom stereocenters. The molecule has 23 heavy (non-hydrogen) atoms. The molecule has 0 aliphatic heterocycles. The van der Waals surface area contributed by atoms with Gasteiger partial charge < -0.3 is 0 Å². The molecular weight excluding hydrogens is 290 g/mol. The monoisotopic (exact) mass is 307 g/mol. The Kier molecular flexibility index (Phi) is 4.21. The van der Waals surface area contributed by atoms with Crippen molar-refractivity contribution in [2.45, 2.75) is 6.92 Å². The summed E-state index contributed by atoms with van der Waals surface area (Å²) in [6.45, 7) is 1.99. The molecule has 0 radical (unpaired) electrons. The van der Waals surface area contributed by atoms with Gasteiger partial charge in [0.2, 0.25) is 0 Å². The quantitative estimate of drug-likeness (QED) is 0.753. The standard InChI is InChI=1S/C18H17N3O2/c1-13-8-6-7-11-15(13)17-16(18(22)20-23-2)12-21(19-17)14-9-4-3-5-10-14/h3-12H,1-2H3,(H,20,22). The van der Waals surface area contributed by atoms with Gasteiger partial charge in [0.15, 0.2) is 0 Å². The zero-order valence-electron chi connectivity index (χ0n) is 13.0. The highest BCUT2D eigenvalue weighted by molar-refractivity contribution is 5.99. The number of hydrogen-bond acceptors (Lipinski definition) is 3. The number of rotatable bonds is 4. The average molecular weight is 307 g/mol. The zero-order valence-corrected chi connectivity index (χ0v) is 13.0. The van der Waals surface area contributed by atoms with Crippen LogP contribution in [0.3, 0.4) is 0 Å².